The van der Waals surface area contributed by atoms with Crippen LogP contribution < -0.4 is 5.73 Å². The van der Waals surface area contributed by atoms with Gasteiger partial charge in [0.05, 0.1) is 22.9 Å². The van der Waals surface area contributed by atoms with Gasteiger partial charge in [-0.05, 0) is 6.92 Å². The van der Waals surface area contributed by atoms with Gasteiger partial charge in [-0.2, -0.15) is 15.4 Å². The first kappa shape index (κ1) is 8.33. The van der Waals surface area contributed by atoms with Gasteiger partial charge in [0.2, 0.25) is 0 Å². The third kappa shape index (κ3) is 1.58. The summed E-state index contributed by atoms with van der Waals surface area (Å²) < 4.78 is 0. The zero-order chi connectivity index (χ0) is 9.26. The molecule has 0 aliphatic rings. The number of H-pyrrole nitrogens is 1. The van der Waals surface area contributed by atoms with E-state index >= 15 is 0 Å². The fraction of sp³-hybridized carbons (Fsp3) is 0.286. The maximum absolute atomic E-state index is 5.90. The van der Waals surface area contributed by atoms with Gasteiger partial charge in [0.25, 0.3) is 0 Å². The number of nitrogens with one attached hydrogen (secondary N) is 1. The Labute approximate surface area is 79.0 Å². The van der Waals surface area contributed by atoms with Crippen molar-refractivity contribution in [2.24, 2.45) is 5.73 Å². The molecule has 0 saturated heterocycles. The van der Waals surface area contributed by atoms with E-state index in [1.165, 1.54) is 0 Å². The van der Waals surface area contributed by atoms with Crippen LogP contribution in [-0.2, 0) is 0 Å². The Hall–Kier alpha value is -1.27. The van der Waals surface area contributed by atoms with Crippen LogP contribution in [0.2, 0.25) is 0 Å². The van der Waals surface area contributed by atoms with Gasteiger partial charge in [0.15, 0.2) is 0 Å². The summed E-state index contributed by atoms with van der Waals surface area (Å²) in [5, 5.41) is 13.1. The lowest BCUT2D eigenvalue weighted by molar-refractivity contribution is 0.785. The third-order valence-electron chi connectivity index (χ3n) is 1.71. The monoisotopic (exact) mass is 195 g/mol. The maximum Gasteiger partial charge on any atom is 0.105 e. The molecule has 0 aliphatic heterocycles. The SMILES string of the molecule is Cc1nc(C(N)c2cn[nH]n2)cs1. The van der Waals surface area contributed by atoms with Gasteiger partial charge in [-0.25, -0.2) is 4.98 Å². The Bertz CT molecular complexity index is 379. The average Bonchev–Trinajstić information content (AvgIpc) is 2.72. The first-order valence-corrected chi connectivity index (χ1v) is 4.68. The van der Waals surface area contributed by atoms with Crippen LogP contribution in [0.4, 0.5) is 0 Å². The molecule has 0 aromatic carbocycles. The summed E-state index contributed by atoms with van der Waals surface area (Å²) in [5.74, 6) is 0. The van der Waals surface area contributed by atoms with Crippen molar-refractivity contribution in [1.29, 1.82) is 0 Å². The summed E-state index contributed by atoms with van der Waals surface area (Å²) in [5.41, 5.74) is 7.45. The van der Waals surface area contributed by atoms with Gasteiger partial charge in [0.1, 0.15) is 5.69 Å². The molecular weight excluding hydrogens is 186 g/mol. The Kier molecular flexibility index (Phi) is 2.07. The second kappa shape index (κ2) is 3.23. The summed E-state index contributed by atoms with van der Waals surface area (Å²) in [6.07, 6.45) is 1.61. The maximum atomic E-state index is 5.90. The van der Waals surface area contributed by atoms with Crippen LogP contribution in [-0.4, -0.2) is 20.4 Å². The molecule has 1 atom stereocenters. The largest absolute Gasteiger partial charge is 0.318 e. The summed E-state index contributed by atoms with van der Waals surface area (Å²) in [7, 11) is 0. The standard InChI is InChI=1S/C7H9N5S/c1-4-10-6(3-13-4)7(8)5-2-9-12-11-5/h2-3,7H,8H2,1H3,(H,9,11,12). The van der Waals surface area contributed by atoms with Gasteiger partial charge in [0, 0.05) is 5.38 Å². The molecule has 3 N–H and O–H groups in total. The number of hydrogen-bond acceptors (Lipinski definition) is 5. The molecule has 68 valence electrons. The van der Waals surface area contributed by atoms with Gasteiger partial charge in [-0.15, -0.1) is 11.3 Å². The summed E-state index contributed by atoms with van der Waals surface area (Å²) in [6, 6.07) is -0.274. The Morgan fingerprint density at radius 2 is 2.38 bits per heavy atom. The summed E-state index contributed by atoms with van der Waals surface area (Å²) >= 11 is 1.58. The van der Waals surface area contributed by atoms with Crippen molar-refractivity contribution in [2.75, 3.05) is 0 Å². The number of aromatic nitrogens is 4. The van der Waals surface area contributed by atoms with Crippen LogP contribution >= 0.6 is 11.3 Å². The second-order valence-corrected chi connectivity index (χ2v) is 3.73. The first-order valence-electron chi connectivity index (χ1n) is 3.80. The van der Waals surface area contributed by atoms with Crippen molar-refractivity contribution in [3.05, 3.63) is 28.0 Å². The predicted octanol–water partition coefficient (Wildman–Crippen LogP) is 0.618. The molecule has 0 amide bonds. The number of hydrogen-bond donors (Lipinski definition) is 2. The minimum Gasteiger partial charge on any atom is -0.318 e. The molecule has 2 rings (SSSR count). The molecule has 0 saturated carbocycles. The molecule has 0 radical (unpaired) electrons. The highest BCUT2D eigenvalue weighted by atomic mass is 32.1. The highest BCUT2D eigenvalue weighted by molar-refractivity contribution is 7.09. The van der Waals surface area contributed by atoms with E-state index < -0.39 is 0 Å². The molecule has 6 heteroatoms. The molecule has 5 nitrogen and oxygen atoms in total. The van der Waals surface area contributed by atoms with E-state index in [1.54, 1.807) is 17.5 Å². The van der Waals surface area contributed by atoms with Crippen LogP contribution in [0, 0.1) is 6.92 Å². The lowest BCUT2D eigenvalue weighted by Crippen LogP contribution is -2.12. The minimum absolute atomic E-state index is 0.274. The third-order valence-corrected chi connectivity index (χ3v) is 2.50. The van der Waals surface area contributed by atoms with E-state index in [9.17, 15) is 0 Å². The minimum atomic E-state index is -0.274. The van der Waals surface area contributed by atoms with Gasteiger partial charge in [-0.3, -0.25) is 0 Å². The van der Waals surface area contributed by atoms with E-state index in [0.717, 1.165) is 10.7 Å². The zero-order valence-corrected chi connectivity index (χ0v) is 7.88. The van der Waals surface area contributed by atoms with Crippen LogP contribution in [0.1, 0.15) is 22.4 Å². The van der Waals surface area contributed by atoms with Gasteiger partial charge >= 0.3 is 0 Å². The normalized spacial score (nSPS) is 13.1. The van der Waals surface area contributed by atoms with Crippen molar-refractivity contribution in [1.82, 2.24) is 20.4 Å². The molecule has 1 unspecified atom stereocenters. The number of rotatable bonds is 2. The fourth-order valence-electron chi connectivity index (χ4n) is 1.03. The van der Waals surface area contributed by atoms with Crippen LogP contribution in [0.5, 0.6) is 0 Å². The second-order valence-electron chi connectivity index (χ2n) is 2.66. The molecule has 0 fully saturated rings. The lowest BCUT2D eigenvalue weighted by Gasteiger charge is -2.02. The van der Waals surface area contributed by atoms with Crippen molar-refractivity contribution >= 4 is 11.3 Å². The predicted molar refractivity (Wildman–Crippen MR) is 49.3 cm³/mol. The molecule has 2 heterocycles. The number of thiazole rings is 1. The summed E-state index contributed by atoms with van der Waals surface area (Å²) in [4.78, 5) is 4.28. The topological polar surface area (TPSA) is 80.5 Å². The molecule has 13 heavy (non-hydrogen) atoms. The lowest BCUT2D eigenvalue weighted by atomic mass is 10.2. The van der Waals surface area contributed by atoms with Crippen LogP contribution in [0.3, 0.4) is 0 Å². The Morgan fingerprint density at radius 3 is 2.92 bits per heavy atom. The van der Waals surface area contributed by atoms with Gasteiger partial charge in [-0.1, -0.05) is 0 Å². The average molecular weight is 195 g/mol. The highest BCUT2D eigenvalue weighted by Gasteiger charge is 2.13. The molecule has 2 aromatic rings. The Balaban J connectivity index is 2.28. The quantitative estimate of drug-likeness (QED) is 0.736. The molecule has 2 aromatic heterocycles. The van der Waals surface area contributed by atoms with E-state index in [0.29, 0.717) is 5.69 Å². The Morgan fingerprint density at radius 1 is 1.54 bits per heavy atom. The van der Waals surface area contributed by atoms with E-state index in [1.807, 2.05) is 12.3 Å². The zero-order valence-electron chi connectivity index (χ0n) is 7.06. The molecular formula is C7H9N5S. The smallest absolute Gasteiger partial charge is 0.105 e. The van der Waals surface area contributed by atoms with Crippen molar-refractivity contribution in [3.63, 3.8) is 0 Å². The van der Waals surface area contributed by atoms with Crippen LogP contribution in [0.25, 0.3) is 0 Å². The molecule has 0 bridgehead atoms. The van der Waals surface area contributed by atoms with E-state index in [-0.39, 0.29) is 6.04 Å². The van der Waals surface area contributed by atoms with E-state index in [2.05, 4.69) is 20.4 Å². The van der Waals surface area contributed by atoms with Crippen molar-refractivity contribution in [2.45, 2.75) is 13.0 Å². The first-order chi connectivity index (χ1) is 6.27. The summed E-state index contributed by atoms with van der Waals surface area (Å²) in [6.45, 7) is 1.95. The number of aryl methyl sites for hydroxylation is 1. The van der Waals surface area contributed by atoms with E-state index in [4.69, 9.17) is 5.73 Å². The highest BCUT2D eigenvalue weighted by Crippen LogP contribution is 2.18. The van der Waals surface area contributed by atoms with Gasteiger partial charge < -0.3 is 5.73 Å². The molecule has 0 spiro atoms. The van der Waals surface area contributed by atoms with Crippen molar-refractivity contribution < 1.29 is 0 Å². The van der Waals surface area contributed by atoms with Crippen LogP contribution in [0.15, 0.2) is 11.6 Å². The number of nitrogens with zero attached hydrogens (tertiary/aromatic N) is 3. The number of nitrogens with two attached hydrogens (primary N) is 1. The fourth-order valence-corrected chi connectivity index (χ4v) is 1.68. The van der Waals surface area contributed by atoms with Crippen molar-refractivity contribution in [3.8, 4) is 0 Å². The molecule has 0 aliphatic carbocycles. The number of aromatic amines is 1.